The molecule has 1 rings (SSSR count). The number of nitrogens with zero attached hydrogens (tertiary/aromatic N) is 3. The second-order valence-corrected chi connectivity index (χ2v) is 2.54. The van der Waals surface area contributed by atoms with Crippen molar-refractivity contribution in [2.45, 2.75) is 6.92 Å². The Hall–Kier alpha value is -2.20. The highest BCUT2D eigenvalue weighted by atomic mass is 15.0. The van der Waals surface area contributed by atoms with E-state index in [4.69, 9.17) is 16.1 Å². The van der Waals surface area contributed by atoms with E-state index in [9.17, 15) is 0 Å². The van der Waals surface area contributed by atoms with E-state index in [1.807, 2.05) is 12.1 Å². The fourth-order valence-corrected chi connectivity index (χ4v) is 1.07. The van der Waals surface area contributed by atoms with Crippen LogP contribution in [0.2, 0.25) is 0 Å². The minimum atomic E-state index is 0.149. The van der Waals surface area contributed by atoms with Crippen LogP contribution in [0.5, 0.6) is 0 Å². The van der Waals surface area contributed by atoms with Crippen molar-refractivity contribution < 1.29 is 0 Å². The summed E-state index contributed by atoms with van der Waals surface area (Å²) < 4.78 is 0. The molecule has 0 aliphatic carbocycles. The standard InChI is InChI=1S/C9H6N4/c1-6-2-7(4-10)9(13-12)8(3-6)5-11/h2-3,12H,1H3. The van der Waals surface area contributed by atoms with Crippen LogP contribution in [-0.4, -0.2) is 0 Å². The van der Waals surface area contributed by atoms with Crippen LogP contribution in [0, 0.1) is 35.1 Å². The van der Waals surface area contributed by atoms with Gasteiger partial charge in [0.05, 0.1) is 11.1 Å². The smallest absolute Gasteiger partial charge is 0.120 e. The SMILES string of the molecule is Cc1cc(C#N)c(N=N)c(C#N)c1. The van der Waals surface area contributed by atoms with Crippen LogP contribution >= 0.6 is 0 Å². The first-order valence-corrected chi connectivity index (χ1v) is 3.55. The summed E-state index contributed by atoms with van der Waals surface area (Å²) in [7, 11) is 0. The lowest BCUT2D eigenvalue weighted by Crippen LogP contribution is -1.84. The highest BCUT2D eigenvalue weighted by molar-refractivity contribution is 5.63. The van der Waals surface area contributed by atoms with Gasteiger partial charge >= 0.3 is 0 Å². The minimum absolute atomic E-state index is 0.149. The van der Waals surface area contributed by atoms with Crippen LogP contribution < -0.4 is 0 Å². The number of nitrogens with one attached hydrogen (secondary N) is 1. The van der Waals surface area contributed by atoms with Crippen LogP contribution in [0.4, 0.5) is 5.69 Å². The molecule has 0 heterocycles. The van der Waals surface area contributed by atoms with E-state index in [-0.39, 0.29) is 16.8 Å². The summed E-state index contributed by atoms with van der Waals surface area (Å²) in [6.45, 7) is 1.79. The van der Waals surface area contributed by atoms with E-state index >= 15 is 0 Å². The fourth-order valence-electron chi connectivity index (χ4n) is 1.07. The van der Waals surface area contributed by atoms with Gasteiger partial charge in [0.2, 0.25) is 0 Å². The molecule has 0 aliphatic rings. The molecule has 13 heavy (non-hydrogen) atoms. The molecular formula is C9H6N4. The van der Waals surface area contributed by atoms with Crippen molar-refractivity contribution in [2.75, 3.05) is 0 Å². The first-order valence-electron chi connectivity index (χ1n) is 3.55. The summed E-state index contributed by atoms with van der Waals surface area (Å²) in [6.07, 6.45) is 0. The molecule has 0 aliphatic heterocycles. The first-order chi connectivity index (χ1) is 6.22. The van der Waals surface area contributed by atoms with Crippen molar-refractivity contribution >= 4 is 5.69 Å². The van der Waals surface area contributed by atoms with Crippen molar-refractivity contribution in [3.05, 3.63) is 28.8 Å². The first kappa shape index (κ1) is 8.89. The largest absolute Gasteiger partial charge is 0.204 e. The molecule has 0 saturated carbocycles. The Bertz CT molecular complexity index is 399. The van der Waals surface area contributed by atoms with E-state index in [1.54, 1.807) is 19.1 Å². The third kappa shape index (κ3) is 1.52. The van der Waals surface area contributed by atoms with Gasteiger partial charge in [-0.15, -0.1) is 0 Å². The Balaban J connectivity index is 3.56. The Kier molecular flexibility index (Phi) is 2.37. The Morgan fingerprint density at radius 3 is 2.00 bits per heavy atom. The minimum Gasteiger partial charge on any atom is -0.204 e. The average molecular weight is 170 g/mol. The van der Waals surface area contributed by atoms with Crippen LogP contribution in [-0.2, 0) is 0 Å². The lowest BCUT2D eigenvalue weighted by atomic mass is 10.1. The molecule has 0 bridgehead atoms. The van der Waals surface area contributed by atoms with Crippen molar-refractivity contribution in [3.63, 3.8) is 0 Å². The zero-order chi connectivity index (χ0) is 9.84. The maximum absolute atomic E-state index is 8.69. The maximum Gasteiger partial charge on any atom is 0.120 e. The molecule has 0 atom stereocenters. The third-order valence-corrected chi connectivity index (χ3v) is 1.61. The lowest BCUT2D eigenvalue weighted by molar-refractivity contribution is 1.13. The van der Waals surface area contributed by atoms with Gasteiger partial charge in [-0.25, -0.2) is 5.53 Å². The summed E-state index contributed by atoms with van der Waals surface area (Å²) in [4.78, 5) is 0. The number of aryl methyl sites for hydroxylation is 1. The lowest BCUT2D eigenvalue weighted by Gasteiger charge is -1.99. The molecule has 4 heteroatoms. The van der Waals surface area contributed by atoms with Gasteiger partial charge in [-0.1, -0.05) is 0 Å². The molecule has 0 fully saturated rings. The predicted octanol–water partition coefficient (Wildman–Crippen LogP) is 2.40. The molecule has 0 aromatic heterocycles. The molecule has 4 nitrogen and oxygen atoms in total. The van der Waals surface area contributed by atoms with Gasteiger partial charge in [-0.3, -0.25) is 0 Å². The van der Waals surface area contributed by atoms with Crippen molar-refractivity contribution in [2.24, 2.45) is 5.11 Å². The van der Waals surface area contributed by atoms with E-state index in [0.717, 1.165) is 5.56 Å². The van der Waals surface area contributed by atoms with E-state index in [2.05, 4.69) is 5.11 Å². The average Bonchev–Trinajstić information content (AvgIpc) is 2.16. The molecule has 1 aromatic carbocycles. The van der Waals surface area contributed by atoms with E-state index < -0.39 is 0 Å². The van der Waals surface area contributed by atoms with Crippen molar-refractivity contribution in [3.8, 4) is 12.1 Å². The molecule has 1 N–H and O–H groups in total. The van der Waals surface area contributed by atoms with Gasteiger partial charge in [-0.05, 0) is 24.6 Å². The number of hydrogen-bond acceptors (Lipinski definition) is 4. The van der Waals surface area contributed by atoms with Crippen LogP contribution in [0.15, 0.2) is 17.2 Å². The Morgan fingerprint density at radius 1 is 1.23 bits per heavy atom. The molecule has 0 saturated heterocycles. The van der Waals surface area contributed by atoms with Gasteiger partial charge < -0.3 is 0 Å². The van der Waals surface area contributed by atoms with Gasteiger partial charge in [-0.2, -0.15) is 15.6 Å². The Labute approximate surface area is 75.5 Å². The van der Waals surface area contributed by atoms with Crippen LogP contribution in [0.1, 0.15) is 16.7 Å². The van der Waals surface area contributed by atoms with Crippen molar-refractivity contribution in [1.29, 1.82) is 16.1 Å². The molecule has 0 unspecified atom stereocenters. The van der Waals surface area contributed by atoms with E-state index in [0.29, 0.717) is 0 Å². The van der Waals surface area contributed by atoms with Crippen LogP contribution in [0.3, 0.4) is 0 Å². The summed E-state index contributed by atoms with van der Waals surface area (Å²) in [5.41, 5.74) is 8.33. The highest BCUT2D eigenvalue weighted by Crippen LogP contribution is 2.24. The topological polar surface area (TPSA) is 83.8 Å². The highest BCUT2D eigenvalue weighted by Gasteiger charge is 2.07. The monoisotopic (exact) mass is 170 g/mol. The number of rotatable bonds is 1. The third-order valence-electron chi connectivity index (χ3n) is 1.61. The van der Waals surface area contributed by atoms with Crippen molar-refractivity contribution in [1.82, 2.24) is 0 Å². The van der Waals surface area contributed by atoms with Gasteiger partial charge in [0.25, 0.3) is 0 Å². The zero-order valence-electron chi connectivity index (χ0n) is 7.00. The van der Waals surface area contributed by atoms with Gasteiger partial charge in [0, 0.05) is 0 Å². The predicted molar refractivity (Wildman–Crippen MR) is 45.4 cm³/mol. The molecule has 0 radical (unpaired) electrons. The quantitative estimate of drug-likeness (QED) is 0.656. The second-order valence-electron chi connectivity index (χ2n) is 2.54. The maximum atomic E-state index is 8.69. The molecule has 0 amide bonds. The molecule has 1 aromatic rings. The van der Waals surface area contributed by atoms with E-state index in [1.165, 1.54) is 0 Å². The molecule has 62 valence electrons. The second kappa shape index (κ2) is 3.46. The van der Waals surface area contributed by atoms with Crippen LogP contribution in [0.25, 0.3) is 0 Å². The number of hydrogen-bond donors (Lipinski definition) is 1. The van der Waals surface area contributed by atoms with Gasteiger partial charge in [0.15, 0.2) is 0 Å². The normalized spacial score (nSPS) is 8.54. The molecular weight excluding hydrogens is 164 g/mol. The summed E-state index contributed by atoms with van der Waals surface area (Å²) in [6, 6.07) is 7.01. The molecule has 0 spiro atoms. The summed E-state index contributed by atoms with van der Waals surface area (Å²) >= 11 is 0. The number of benzene rings is 1. The summed E-state index contributed by atoms with van der Waals surface area (Å²) in [5, 5.41) is 20.5. The zero-order valence-corrected chi connectivity index (χ0v) is 7.00. The van der Waals surface area contributed by atoms with Gasteiger partial charge in [0.1, 0.15) is 17.8 Å². The summed E-state index contributed by atoms with van der Waals surface area (Å²) in [5.74, 6) is 0. The number of nitriles is 2. The fraction of sp³-hybridized carbons (Fsp3) is 0.111. The Morgan fingerprint density at radius 2 is 1.69 bits per heavy atom.